The van der Waals surface area contributed by atoms with E-state index in [1.54, 1.807) is 0 Å². The Morgan fingerprint density at radius 2 is 1.77 bits per heavy atom. The van der Waals surface area contributed by atoms with Gasteiger partial charge in [-0.25, -0.2) is 4.98 Å². The molecule has 2 aromatic heterocycles. The molecule has 5 rings (SSSR count). The van der Waals surface area contributed by atoms with Gasteiger partial charge in [0.2, 0.25) is 5.91 Å². The number of nitrogens with zero attached hydrogens (tertiary/aromatic N) is 3. The molecule has 0 spiro atoms. The second-order valence-electron chi connectivity index (χ2n) is 9.33. The zero-order chi connectivity index (χ0) is 20.7. The van der Waals surface area contributed by atoms with Crippen LogP contribution in [-0.4, -0.2) is 34.4 Å². The second-order valence-corrected chi connectivity index (χ2v) is 9.33. The molecule has 3 aromatic rings. The molecule has 2 aliphatic rings. The van der Waals surface area contributed by atoms with Crippen LogP contribution >= 0.6 is 0 Å². The van der Waals surface area contributed by atoms with Gasteiger partial charge in [0, 0.05) is 31.2 Å². The van der Waals surface area contributed by atoms with E-state index in [9.17, 15) is 4.79 Å². The Labute approximate surface area is 178 Å². The first-order chi connectivity index (χ1) is 14.6. The van der Waals surface area contributed by atoms with E-state index in [4.69, 9.17) is 4.98 Å². The molecule has 158 valence electrons. The summed E-state index contributed by atoms with van der Waals surface area (Å²) in [7, 11) is 0. The van der Waals surface area contributed by atoms with E-state index in [2.05, 4.69) is 65.0 Å². The minimum Gasteiger partial charge on any atom is -0.355 e. The molecule has 1 saturated carbocycles. The Morgan fingerprint density at radius 1 is 1.00 bits per heavy atom. The summed E-state index contributed by atoms with van der Waals surface area (Å²) in [6, 6.07) is 12.9. The molecule has 1 aliphatic carbocycles. The average molecular weight is 405 g/mol. The number of aromatic nitrogens is 2. The summed E-state index contributed by atoms with van der Waals surface area (Å²) in [5.74, 6) is 2.70. The van der Waals surface area contributed by atoms with Gasteiger partial charge in [0.25, 0.3) is 0 Å². The molecule has 0 bridgehead atoms. The SMILES string of the molecule is C[C@@H]1[C@H](C)CCC[C@H]1NC(=O)C1CCN(c2nc3ccccc3n3cccc23)CC1. The number of amides is 1. The highest BCUT2D eigenvalue weighted by molar-refractivity contribution is 5.85. The van der Waals surface area contributed by atoms with Crippen LogP contribution in [0.2, 0.25) is 0 Å². The topological polar surface area (TPSA) is 49.6 Å². The number of carbonyl (C=O) groups excluding carboxylic acids is 1. The largest absolute Gasteiger partial charge is 0.355 e. The molecule has 3 heterocycles. The lowest BCUT2D eigenvalue weighted by Gasteiger charge is -2.37. The van der Waals surface area contributed by atoms with Crippen molar-refractivity contribution in [3.8, 4) is 0 Å². The van der Waals surface area contributed by atoms with Crippen molar-refractivity contribution >= 4 is 28.3 Å². The van der Waals surface area contributed by atoms with Gasteiger partial charge in [0.1, 0.15) is 0 Å². The van der Waals surface area contributed by atoms with Gasteiger partial charge in [-0.05, 0) is 55.4 Å². The molecule has 3 atom stereocenters. The Bertz CT molecular complexity index is 1050. The summed E-state index contributed by atoms with van der Waals surface area (Å²) in [5.41, 5.74) is 3.28. The molecule has 1 saturated heterocycles. The fraction of sp³-hybridized carbons (Fsp3) is 0.520. The highest BCUT2D eigenvalue weighted by Crippen LogP contribution is 2.31. The maximum Gasteiger partial charge on any atom is 0.223 e. The lowest BCUT2D eigenvalue weighted by atomic mass is 9.78. The van der Waals surface area contributed by atoms with Gasteiger partial charge in [-0.3, -0.25) is 4.79 Å². The monoisotopic (exact) mass is 404 g/mol. The first-order valence-corrected chi connectivity index (χ1v) is 11.5. The third-order valence-electron chi connectivity index (χ3n) is 7.55. The van der Waals surface area contributed by atoms with E-state index in [-0.39, 0.29) is 11.8 Å². The molecule has 30 heavy (non-hydrogen) atoms. The van der Waals surface area contributed by atoms with Crippen LogP contribution in [0, 0.1) is 17.8 Å². The molecule has 1 N–H and O–H groups in total. The summed E-state index contributed by atoms with van der Waals surface area (Å²) >= 11 is 0. The molecule has 0 radical (unpaired) electrons. The lowest BCUT2D eigenvalue weighted by Crippen LogP contribution is -2.48. The molecular weight excluding hydrogens is 372 g/mol. The number of nitrogens with one attached hydrogen (secondary N) is 1. The first-order valence-electron chi connectivity index (χ1n) is 11.5. The Balaban J connectivity index is 1.29. The molecule has 5 heteroatoms. The number of anilines is 1. The zero-order valence-corrected chi connectivity index (χ0v) is 18.1. The van der Waals surface area contributed by atoms with Crippen molar-refractivity contribution in [1.29, 1.82) is 0 Å². The number of rotatable bonds is 3. The van der Waals surface area contributed by atoms with E-state index in [0.29, 0.717) is 17.9 Å². The Morgan fingerprint density at radius 3 is 2.60 bits per heavy atom. The summed E-state index contributed by atoms with van der Waals surface area (Å²) < 4.78 is 2.22. The van der Waals surface area contributed by atoms with Crippen LogP contribution in [0.1, 0.15) is 46.0 Å². The van der Waals surface area contributed by atoms with Crippen LogP contribution in [0.15, 0.2) is 42.6 Å². The van der Waals surface area contributed by atoms with E-state index in [1.165, 1.54) is 12.8 Å². The van der Waals surface area contributed by atoms with Crippen LogP contribution < -0.4 is 10.2 Å². The highest BCUT2D eigenvalue weighted by atomic mass is 16.2. The van der Waals surface area contributed by atoms with Crippen molar-refractivity contribution in [3.05, 3.63) is 42.6 Å². The van der Waals surface area contributed by atoms with Gasteiger partial charge in [0.05, 0.1) is 16.6 Å². The lowest BCUT2D eigenvalue weighted by molar-refractivity contribution is -0.127. The third-order valence-corrected chi connectivity index (χ3v) is 7.55. The van der Waals surface area contributed by atoms with Crippen LogP contribution in [0.25, 0.3) is 16.6 Å². The fourth-order valence-corrected chi connectivity index (χ4v) is 5.38. The molecule has 1 aromatic carbocycles. The summed E-state index contributed by atoms with van der Waals surface area (Å²) in [4.78, 5) is 20.3. The quantitative estimate of drug-likeness (QED) is 0.692. The van der Waals surface area contributed by atoms with Crippen LogP contribution in [0.4, 0.5) is 5.82 Å². The molecule has 1 amide bonds. The van der Waals surface area contributed by atoms with Crippen LogP contribution in [0.3, 0.4) is 0 Å². The fourth-order valence-electron chi connectivity index (χ4n) is 5.38. The minimum atomic E-state index is 0.119. The molecule has 2 fully saturated rings. The summed E-state index contributed by atoms with van der Waals surface area (Å²) in [6.45, 7) is 6.37. The summed E-state index contributed by atoms with van der Waals surface area (Å²) in [5, 5.41) is 3.40. The molecular formula is C25H32N4O. The standard InChI is InChI=1S/C25H32N4O/c1-17-7-5-9-20(18(17)2)27-25(30)19-12-15-28(16-13-19)24-23-11-6-14-29(23)22-10-4-3-8-21(22)26-24/h3-4,6,8,10-11,14,17-20H,5,7,9,12-13,15-16H2,1-2H3,(H,27,30)/t17-,18-,20-/m1/s1. The van der Waals surface area contributed by atoms with Gasteiger partial charge in [-0.2, -0.15) is 0 Å². The first kappa shape index (κ1) is 19.4. The van der Waals surface area contributed by atoms with Gasteiger partial charge in [-0.15, -0.1) is 0 Å². The highest BCUT2D eigenvalue weighted by Gasteiger charge is 2.32. The molecule has 0 unspecified atom stereocenters. The maximum atomic E-state index is 13.0. The maximum absolute atomic E-state index is 13.0. The summed E-state index contributed by atoms with van der Waals surface area (Å²) in [6.07, 6.45) is 7.54. The van der Waals surface area contributed by atoms with Gasteiger partial charge < -0.3 is 14.6 Å². The van der Waals surface area contributed by atoms with E-state index in [1.807, 2.05) is 6.07 Å². The third kappa shape index (κ3) is 3.44. The van der Waals surface area contributed by atoms with Crippen LogP contribution in [0.5, 0.6) is 0 Å². The normalized spacial score (nSPS) is 25.7. The molecule has 5 nitrogen and oxygen atoms in total. The Hall–Kier alpha value is -2.56. The predicted molar refractivity (Wildman–Crippen MR) is 122 cm³/mol. The number of carbonyl (C=O) groups is 1. The van der Waals surface area contributed by atoms with Crippen LogP contribution in [-0.2, 0) is 4.79 Å². The number of benzene rings is 1. The number of piperidine rings is 1. The van der Waals surface area contributed by atoms with Crippen molar-refractivity contribution in [1.82, 2.24) is 14.7 Å². The van der Waals surface area contributed by atoms with Crippen molar-refractivity contribution < 1.29 is 4.79 Å². The zero-order valence-electron chi connectivity index (χ0n) is 18.1. The van der Waals surface area contributed by atoms with E-state index < -0.39 is 0 Å². The van der Waals surface area contributed by atoms with E-state index >= 15 is 0 Å². The minimum absolute atomic E-state index is 0.119. The van der Waals surface area contributed by atoms with Gasteiger partial charge in [-0.1, -0.05) is 38.8 Å². The van der Waals surface area contributed by atoms with E-state index in [0.717, 1.165) is 54.7 Å². The van der Waals surface area contributed by atoms with Gasteiger partial charge in [0.15, 0.2) is 5.82 Å². The Kier molecular flexibility index (Phi) is 5.13. The number of fused-ring (bicyclic) bond motifs is 3. The average Bonchev–Trinajstić information content (AvgIpc) is 3.27. The van der Waals surface area contributed by atoms with Crippen molar-refractivity contribution in [2.75, 3.05) is 18.0 Å². The van der Waals surface area contributed by atoms with Crippen molar-refractivity contribution in [2.45, 2.75) is 52.0 Å². The van der Waals surface area contributed by atoms with Gasteiger partial charge >= 0.3 is 0 Å². The smallest absolute Gasteiger partial charge is 0.223 e. The van der Waals surface area contributed by atoms with Crippen molar-refractivity contribution in [3.63, 3.8) is 0 Å². The molecule has 1 aliphatic heterocycles. The number of hydrogen-bond acceptors (Lipinski definition) is 3. The van der Waals surface area contributed by atoms with Crippen molar-refractivity contribution in [2.24, 2.45) is 17.8 Å². The second kappa shape index (κ2) is 7.93. The number of para-hydroxylation sites is 2. The number of hydrogen-bond donors (Lipinski definition) is 1. The predicted octanol–water partition coefficient (Wildman–Crippen LogP) is 4.64.